The standard InChI is InChI=1S/C12H17N3O4S/c1-9(16)14-7-8-15-20(18,19)11-5-3-10(4-6-11)12(17)13-2/h3-6,15H,7-8H2,1-2H3,(H,13,17)(H,14,16). The molecule has 0 saturated heterocycles. The van der Waals surface area contributed by atoms with E-state index in [9.17, 15) is 18.0 Å². The first kappa shape index (κ1) is 16.1. The van der Waals surface area contributed by atoms with Gasteiger partial charge >= 0.3 is 0 Å². The zero-order chi connectivity index (χ0) is 15.2. The first-order valence-corrected chi connectivity index (χ1v) is 7.41. The lowest BCUT2D eigenvalue weighted by Crippen LogP contribution is -2.33. The van der Waals surface area contributed by atoms with Gasteiger partial charge in [0.1, 0.15) is 0 Å². The second-order valence-corrected chi connectivity index (χ2v) is 5.75. The highest BCUT2D eigenvalue weighted by molar-refractivity contribution is 7.89. The minimum absolute atomic E-state index is 0.0629. The maximum Gasteiger partial charge on any atom is 0.251 e. The van der Waals surface area contributed by atoms with Gasteiger partial charge in [-0.05, 0) is 24.3 Å². The fraction of sp³-hybridized carbons (Fsp3) is 0.333. The highest BCUT2D eigenvalue weighted by atomic mass is 32.2. The van der Waals surface area contributed by atoms with Crippen molar-refractivity contribution in [3.05, 3.63) is 29.8 Å². The fourth-order valence-electron chi connectivity index (χ4n) is 1.44. The first-order valence-electron chi connectivity index (χ1n) is 5.93. The summed E-state index contributed by atoms with van der Waals surface area (Å²) in [5.74, 6) is -0.508. The van der Waals surface area contributed by atoms with Crippen LogP contribution in [0.4, 0.5) is 0 Å². The number of sulfonamides is 1. The lowest BCUT2D eigenvalue weighted by Gasteiger charge is -2.07. The van der Waals surface area contributed by atoms with Crippen LogP contribution in [0.2, 0.25) is 0 Å². The van der Waals surface area contributed by atoms with E-state index < -0.39 is 10.0 Å². The van der Waals surface area contributed by atoms with Gasteiger partial charge in [-0.1, -0.05) is 0 Å². The molecule has 110 valence electrons. The van der Waals surface area contributed by atoms with Crippen LogP contribution >= 0.6 is 0 Å². The average Bonchev–Trinajstić information content (AvgIpc) is 2.43. The molecule has 0 saturated carbocycles. The number of carbonyl (C=O) groups excluding carboxylic acids is 2. The Balaban J connectivity index is 2.68. The van der Waals surface area contributed by atoms with Gasteiger partial charge in [0, 0.05) is 32.6 Å². The third kappa shape index (κ3) is 4.63. The molecule has 1 aromatic carbocycles. The predicted molar refractivity (Wildman–Crippen MR) is 73.7 cm³/mol. The molecule has 1 aromatic rings. The summed E-state index contributed by atoms with van der Waals surface area (Å²) >= 11 is 0. The number of carbonyl (C=O) groups is 2. The summed E-state index contributed by atoms with van der Waals surface area (Å²) in [6, 6.07) is 5.57. The van der Waals surface area contributed by atoms with E-state index in [2.05, 4.69) is 15.4 Å². The minimum Gasteiger partial charge on any atom is -0.355 e. The molecule has 2 amide bonds. The van der Waals surface area contributed by atoms with Crippen LogP contribution in [-0.4, -0.2) is 40.4 Å². The molecule has 3 N–H and O–H groups in total. The summed E-state index contributed by atoms with van der Waals surface area (Å²) in [7, 11) is -2.14. The molecule has 0 bridgehead atoms. The molecule has 0 aliphatic heterocycles. The van der Waals surface area contributed by atoms with Crippen molar-refractivity contribution >= 4 is 21.8 Å². The molecule has 0 spiro atoms. The Bertz CT molecular complexity index is 581. The van der Waals surface area contributed by atoms with Crippen molar-refractivity contribution in [2.45, 2.75) is 11.8 Å². The quantitative estimate of drug-likeness (QED) is 0.614. The van der Waals surface area contributed by atoms with Gasteiger partial charge in [0.25, 0.3) is 5.91 Å². The minimum atomic E-state index is -3.64. The Kier molecular flexibility index (Phi) is 5.66. The van der Waals surface area contributed by atoms with E-state index in [1.807, 2.05) is 0 Å². The maximum atomic E-state index is 11.9. The largest absolute Gasteiger partial charge is 0.355 e. The molecular weight excluding hydrogens is 282 g/mol. The predicted octanol–water partition coefficient (Wildman–Crippen LogP) is -0.539. The van der Waals surface area contributed by atoms with Crippen LogP contribution in [-0.2, 0) is 14.8 Å². The molecule has 0 unspecified atom stereocenters. The molecule has 0 heterocycles. The van der Waals surface area contributed by atoms with Gasteiger partial charge in [-0.25, -0.2) is 13.1 Å². The number of hydrogen-bond donors (Lipinski definition) is 3. The molecule has 0 aromatic heterocycles. The molecule has 0 aliphatic carbocycles. The van der Waals surface area contributed by atoms with Gasteiger partial charge in [0.05, 0.1) is 4.90 Å². The van der Waals surface area contributed by atoms with Gasteiger partial charge < -0.3 is 10.6 Å². The van der Waals surface area contributed by atoms with Crippen LogP contribution in [0.5, 0.6) is 0 Å². The highest BCUT2D eigenvalue weighted by Crippen LogP contribution is 2.10. The fourth-order valence-corrected chi connectivity index (χ4v) is 2.47. The van der Waals surface area contributed by atoms with Crippen molar-refractivity contribution in [3.8, 4) is 0 Å². The Hall–Kier alpha value is -1.93. The van der Waals surface area contributed by atoms with Crippen molar-refractivity contribution < 1.29 is 18.0 Å². The van der Waals surface area contributed by atoms with Gasteiger partial charge in [0.15, 0.2) is 0 Å². The summed E-state index contributed by atoms with van der Waals surface area (Å²) in [5, 5.41) is 4.93. The summed E-state index contributed by atoms with van der Waals surface area (Å²) in [6.45, 7) is 1.66. The zero-order valence-electron chi connectivity index (χ0n) is 11.3. The summed E-state index contributed by atoms with van der Waals surface area (Å²) in [6.07, 6.45) is 0. The molecule has 0 radical (unpaired) electrons. The van der Waals surface area contributed by atoms with E-state index in [-0.39, 0.29) is 29.8 Å². The van der Waals surface area contributed by atoms with Gasteiger partial charge in [-0.2, -0.15) is 0 Å². The lowest BCUT2D eigenvalue weighted by molar-refractivity contribution is -0.118. The summed E-state index contributed by atoms with van der Waals surface area (Å²) in [4.78, 5) is 22.0. The van der Waals surface area contributed by atoms with Gasteiger partial charge in [-0.3, -0.25) is 9.59 Å². The highest BCUT2D eigenvalue weighted by Gasteiger charge is 2.14. The SMILES string of the molecule is CNC(=O)c1ccc(S(=O)(=O)NCCNC(C)=O)cc1. The van der Waals surface area contributed by atoms with Crippen LogP contribution in [0.1, 0.15) is 17.3 Å². The maximum absolute atomic E-state index is 11.9. The first-order chi connectivity index (χ1) is 9.36. The van der Waals surface area contributed by atoms with Crippen LogP contribution in [0.25, 0.3) is 0 Å². The smallest absolute Gasteiger partial charge is 0.251 e. The van der Waals surface area contributed by atoms with Crippen molar-refractivity contribution in [1.29, 1.82) is 0 Å². The third-order valence-electron chi connectivity index (χ3n) is 2.44. The Labute approximate surface area is 117 Å². The monoisotopic (exact) mass is 299 g/mol. The second-order valence-electron chi connectivity index (χ2n) is 3.98. The zero-order valence-corrected chi connectivity index (χ0v) is 12.1. The normalized spacial score (nSPS) is 10.9. The number of hydrogen-bond acceptors (Lipinski definition) is 4. The molecule has 0 aliphatic rings. The number of rotatable bonds is 6. The molecule has 1 rings (SSSR count). The Morgan fingerprint density at radius 3 is 2.20 bits per heavy atom. The molecule has 7 nitrogen and oxygen atoms in total. The van der Waals surface area contributed by atoms with E-state index in [0.29, 0.717) is 5.56 Å². The second kappa shape index (κ2) is 7.01. The van der Waals surface area contributed by atoms with Crippen molar-refractivity contribution in [1.82, 2.24) is 15.4 Å². The van der Waals surface area contributed by atoms with Crippen LogP contribution in [0.15, 0.2) is 29.2 Å². The van der Waals surface area contributed by atoms with Crippen molar-refractivity contribution in [2.24, 2.45) is 0 Å². The van der Waals surface area contributed by atoms with E-state index in [1.54, 1.807) is 0 Å². The average molecular weight is 299 g/mol. The van der Waals surface area contributed by atoms with Crippen LogP contribution in [0, 0.1) is 0 Å². The summed E-state index contributed by atoms with van der Waals surface area (Å²) in [5.41, 5.74) is 0.379. The molecule has 8 heteroatoms. The van der Waals surface area contributed by atoms with Crippen LogP contribution in [0.3, 0.4) is 0 Å². The molecule has 0 fully saturated rings. The van der Waals surface area contributed by atoms with Crippen LogP contribution < -0.4 is 15.4 Å². The van der Waals surface area contributed by atoms with E-state index in [4.69, 9.17) is 0 Å². The molecule has 20 heavy (non-hydrogen) atoms. The molecule has 0 atom stereocenters. The number of amides is 2. The van der Waals surface area contributed by atoms with E-state index in [0.717, 1.165) is 0 Å². The Morgan fingerprint density at radius 1 is 1.10 bits per heavy atom. The van der Waals surface area contributed by atoms with Crippen molar-refractivity contribution in [3.63, 3.8) is 0 Å². The third-order valence-corrected chi connectivity index (χ3v) is 3.92. The van der Waals surface area contributed by atoms with E-state index in [1.165, 1.54) is 38.2 Å². The number of benzene rings is 1. The summed E-state index contributed by atoms with van der Waals surface area (Å²) < 4.78 is 26.2. The Morgan fingerprint density at radius 2 is 1.70 bits per heavy atom. The van der Waals surface area contributed by atoms with Gasteiger partial charge in [-0.15, -0.1) is 0 Å². The number of nitrogens with one attached hydrogen (secondary N) is 3. The lowest BCUT2D eigenvalue weighted by atomic mass is 10.2. The van der Waals surface area contributed by atoms with Gasteiger partial charge in [0.2, 0.25) is 15.9 Å². The van der Waals surface area contributed by atoms with Crippen molar-refractivity contribution in [2.75, 3.05) is 20.1 Å². The van der Waals surface area contributed by atoms with E-state index >= 15 is 0 Å². The topological polar surface area (TPSA) is 104 Å². The molecular formula is C12H17N3O4S.